The van der Waals surface area contributed by atoms with E-state index in [-0.39, 0.29) is 69.6 Å². The van der Waals surface area contributed by atoms with Crippen LogP contribution in [0.2, 0.25) is 0 Å². The summed E-state index contributed by atoms with van der Waals surface area (Å²) in [7, 11) is 0. The molecule has 48 heavy (non-hydrogen) atoms. The van der Waals surface area contributed by atoms with Crippen molar-refractivity contribution in [1.82, 2.24) is 0 Å². The number of hydrogen-bond donors (Lipinski definition) is 2. The van der Waals surface area contributed by atoms with Crippen molar-refractivity contribution in [1.29, 1.82) is 0 Å². The van der Waals surface area contributed by atoms with E-state index >= 15 is 0 Å². The summed E-state index contributed by atoms with van der Waals surface area (Å²) in [6.07, 6.45) is 0. The molecule has 0 unspecified atom stereocenters. The van der Waals surface area contributed by atoms with Crippen LogP contribution in [-0.2, 0) is 34.1 Å². The molecule has 0 aliphatic rings. The maximum absolute atomic E-state index is 10.2. The molecule has 0 fully saturated rings. The minimum absolute atomic E-state index is 0. The first-order chi connectivity index (χ1) is 21.6. The number of carboxylic acids is 4. The second kappa shape index (κ2) is 32.8. The Morgan fingerprint density at radius 3 is 0.604 bits per heavy atom. The van der Waals surface area contributed by atoms with Gasteiger partial charge >= 0.3 is 34.1 Å². The second-order valence-corrected chi connectivity index (χ2v) is 12.8. The van der Waals surface area contributed by atoms with Crippen LogP contribution in [0.4, 0.5) is 0 Å². The van der Waals surface area contributed by atoms with E-state index in [1.54, 1.807) is 62.4 Å². The summed E-state index contributed by atoms with van der Waals surface area (Å²) in [4.78, 5) is 40.8. The first-order valence-corrected chi connectivity index (χ1v) is 17.0. The molecule has 2 N–H and O–H groups in total. The van der Waals surface area contributed by atoms with Gasteiger partial charge in [-0.05, 0) is 175 Å². The molecule has 4 aromatic carbocycles. The van der Waals surface area contributed by atoms with Crippen LogP contribution in [0.1, 0.15) is 55.3 Å². The van der Waals surface area contributed by atoms with E-state index < -0.39 is 23.9 Å². The van der Waals surface area contributed by atoms with Crippen molar-refractivity contribution in [2.75, 3.05) is 13.2 Å². The molecule has 10 nitrogen and oxygen atoms in total. The number of hydrogen-bond acceptors (Lipinski definition) is 10. The molecule has 0 saturated carbocycles. The first-order valence-electron chi connectivity index (χ1n) is 12.7. The molecule has 0 bridgehead atoms. The number of benzene rings is 4. The maximum atomic E-state index is 10.2. The van der Waals surface area contributed by atoms with Crippen LogP contribution in [0.5, 0.6) is 0 Å². The minimum atomic E-state index is -1.13. The van der Waals surface area contributed by atoms with Gasteiger partial charge in [-0.1, -0.05) is 48.5 Å². The van der Waals surface area contributed by atoms with Gasteiger partial charge in [-0.3, -0.25) is 0 Å². The molecule has 0 heterocycles. The molecular weight excluding hydrogens is 1180 g/mol. The van der Waals surface area contributed by atoms with Gasteiger partial charge in [0.2, 0.25) is 0 Å². The Morgan fingerprint density at radius 2 is 0.521 bits per heavy atom. The second-order valence-electron chi connectivity index (χ2n) is 7.81. The molecular formula is C32H28Cu2I4O10. The van der Waals surface area contributed by atoms with Crippen LogP contribution < -0.4 is 20.4 Å². The number of rotatable bonds is 4. The van der Waals surface area contributed by atoms with E-state index in [1.165, 1.54) is 48.5 Å². The molecule has 266 valence electrons. The Kier molecular flexibility index (Phi) is 36.5. The van der Waals surface area contributed by atoms with E-state index in [0.29, 0.717) is 0 Å². The van der Waals surface area contributed by atoms with Crippen molar-refractivity contribution < 1.29 is 84.0 Å². The summed E-state index contributed by atoms with van der Waals surface area (Å²) in [6.45, 7) is 3.86. The van der Waals surface area contributed by atoms with Crippen LogP contribution in [-0.4, -0.2) is 47.3 Å². The summed E-state index contributed by atoms with van der Waals surface area (Å²) in [5, 5.41) is 55.9. The van der Waals surface area contributed by atoms with Crippen LogP contribution >= 0.6 is 90.4 Å². The summed E-state index contributed by atoms with van der Waals surface area (Å²) >= 11 is 8.43. The van der Waals surface area contributed by atoms with Gasteiger partial charge in [-0.25, -0.2) is 0 Å². The Labute approximate surface area is 354 Å². The molecule has 0 amide bonds. The predicted molar refractivity (Wildman–Crippen MR) is 199 cm³/mol. The average Bonchev–Trinajstić information content (AvgIpc) is 3.00. The van der Waals surface area contributed by atoms with Gasteiger partial charge < -0.3 is 49.8 Å². The third-order valence-electron chi connectivity index (χ3n) is 4.32. The summed E-state index contributed by atoms with van der Waals surface area (Å²) < 4.78 is 4.07. The van der Waals surface area contributed by atoms with Gasteiger partial charge in [0.25, 0.3) is 0 Å². The zero-order valence-corrected chi connectivity index (χ0v) is 35.4. The maximum Gasteiger partial charge on any atom is 2.00 e. The largest absolute Gasteiger partial charge is 2.00 e. The Bertz CT molecular complexity index is 1230. The molecule has 0 aromatic heterocycles. The molecule has 16 heteroatoms. The Morgan fingerprint density at radius 1 is 0.417 bits per heavy atom. The van der Waals surface area contributed by atoms with Crippen LogP contribution in [0, 0.1) is 14.3 Å². The monoisotopic (exact) mass is 1210 g/mol. The summed E-state index contributed by atoms with van der Waals surface area (Å²) in [6, 6.07) is 26.0. The number of carbonyl (C=O) groups is 4. The fourth-order valence-electron chi connectivity index (χ4n) is 2.34. The van der Waals surface area contributed by atoms with E-state index in [1.807, 2.05) is 0 Å². The van der Waals surface area contributed by atoms with Gasteiger partial charge in [0.1, 0.15) is 0 Å². The fourth-order valence-corrected chi connectivity index (χ4v) is 3.78. The summed E-state index contributed by atoms with van der Waals surface area (Å²) in [5.41, 5.74) is 0.890. The molecule has 0 aliphatic heterocycles. The third-order valence-corrected chi connectivity index (χ3v) is 7.20. The number of carbonyl (C=O) groups excluding carboxylic acids is 4. The third kappa shape index (κ3) is 28.5. The van der Waals surface area contributed by atoms with Crippen LogP contribution in [0.3, 0.4) is 0 Å². The zero-order valence-electron chi connectivity index (χ0n) is 24.9. The Balaban J connectivity index is -0.000000251. The Hall–Kier alpha value is -1.36. The van der Waals surface area contributed by atoms with Crippen molar-refractivity contribution >= 4 is 114 Å². The number of carboxylic acid groups (broad SMARTS) is 4. The molecule has 0 spiro atoms. The number of aliphatic hydroxyl groups excluding tert-OH is 2. The van der Waals surface area contributed by atoms with Crippen molar-refractivity contribution in [2.24, 2.45) is 0 Å². The molecule has 4 aromatic rings. The number of aromatic carboxylic acids is 4. The molecule has 0 saturated heterocycles. The smallest absolute Gasteiger partial charge is 0.545 e. The minimum Gasteiger partial charge on any atom is -0.545 e. The first kappa shape index (κ1) is 53.4. The average molecular weight is 1210 g/mol. The van der Waals surface area contributed by atoms with Crippen LogP contribution in [0.25, 0.3) is 0 Å². The number of halogens is 4. The van der Waals surface area contributed by atoms with E-state index in [2.05, 4.69) is 90.4 Å². The quantitative estimate of drug-likeness (QED) is 0.226. The topological polar surface area (TPSA) is 201 Å². The van der Waals surface area contributed by atoms with Gasteiger partial charge in [0.15, 0.2) is 0 Å². The van der Waals surface area contributed by atoms with Crippen molar-refractivity contribution in [2.45, 2.75) is 13.8 Å². The van der Waals surface area contributed by atoms with E-state index in [9.17, 15) is 39.6 Å². The van der Waals surface area contributed by atoms with Crippen LogP contribution in [0.15, 0.2) is 97.1 Å². The van der Waals surface area contributed by atoms with Gasteiger partial charge in [-0.15, -0.1) is 0 Å². The predicted octanol–water partition coefficient (Wildman–Crippen LogP) is 2.61. The normalized spacial score (nSPS) is 8.50. The molecule has 4 rings (SSSR count). The zero-order chi connectivity index (χ0) is 35.7. The number of aliphatic hydroxyl groups is 2. The van der Waals surface area contributed by atoms with E-state index in [4.69, 9.17) is 10.2 Å². The van der Waals surface area contributed by atoms with Gasteiger partial charge in [0.05, 0.1) is 23.9 Å². The molecule has 0 aliphatic carbocycles. The fraction of sp³-hybridized carbons (Fsp3) is 0.125. The molecule has 2 radical (unpaired) electrons. The van der Waals surface area contributed by atoms with Gasteiger partial charge in [-0.2, -0.15) is 0 Å². The SMILES string of the molecule is CCO.CCO.O=C([O-])c1ccc(I)cc1.O=C([O-])c1ccc(I)cc1.O=C([O-])c1ccc(I)cc1.O=C([O-])c1ccc(I)cc1.[Cu+2].[Cu+2]. The van der Waals surface area contributed by atoms with Crippen molar-refractivity contribution in [3.05, 3.63) is 134 Å². The van der Waals surface area contributed by atoms with Crippen molar-refractivity contribution in [3.8, 4) is 0 Å². The van der Waals surface area contributed by atoms with Crippen molar-refractivity contribution in [3.63, 3.8) is 0 Å². The summed E-state index contributed by atoms with van der Waals surface area (Å²) in [5.74, 6) is -4.51. The standard InChI is InChI=1S/4C7H5IO2.2C2H6O.2Cu/c4*8-6-3-1-5(2-4-6)7(9)10;2*1-2-3;;/h4*1-4H,(H,9,10);2*3H,2H2,1H3;;/q;;;;;;2*+2/p-4. The van der Waals surface area contributed by atoms with Gasteiger partial charge in [0, 0.05) is 27.5 Å². The molecule has 0 atom stereocenters. The van der Waals surface area contributed by atoms with E-state index in [0.717, 1.165) is 14.3 Å².